The summed E-state index contributed by atoms with van der Waals surface area (Å²) in [5, 5.41) is 11.7. The van der Waals surface area contributed by atoms with Crippen molar-refractivity contribution in [2.45, 2.75) is 78.1 Å². The van der Waals surface area contributed by atoms with Gasteiger partial charge in [-0.15, -0.1) is 0 Å². The van der Waals surface area contributed by atoms with E-state index in [2.05, 4.69) is 6.08 Å². The van der Waals surface area contributed by atoms with Crippen molar-refractivity contribution in [2.24, 2.45) is 11.3 Å². The minimum absolute atomic E-state index is 0.111. The smallest absolute Gasteiger partial charge is 0.210 e. The largest absolute Gasteiger partial charge is 0.488 e. The predicted molar refractivity (Wildman–Crippen MR) is 87.6 cm³/mol. The van der Waals surface area contributed by atoms with Gasteiger partial charge in [0.1, 0.15) is 0 Å². The predicted octanol–water partition coefficient (Wildman–Crippen LogP) is 3.50. The molecule has 0 aliphatic heterocycles. The van der Waals surface area contributed by atoms with E-state index < -0.39 is 11.0 Å². The van der Waals surface area contributed by atoms with Crippen LogP contribution in [0.3, 0.4) is 0 Å². The lowest BCUT2D eigenvalue weighted by atomic mass is 9.75. The molecule has 1 fully saturated rings. The van der Waals surface area contributed by atoms with Gasteiger partial charge in [0.25, 0.3) is 0 Å². The van der Waals surface area contributed by atoms with Gasteiger partial charge in [-0.2, -0.15) is 0 Å². The van der Waals surface area contributed by atoms with Crippen molar-refractivity contribution in [3.8, 4) is 0 Å². The molecule has 0 unspecified atom stereocenters. The molecule has 3 atom stereocenters. The Bertz CT molecular complexity index is 586. The first-order valence-electron chi connectivity index (χ1n) is 8.77. The highest BCUT2D eigenvalue weighted by atomic mass is 16.5. The van der Waals surface area contributed by atoms with Gasteiger partial charge in [0.05, 0.1) is 17.6 Å². The molecular formula is C19H28O4. The number of ether oxygens (including phenoxy) is 2. The molecule has 1 saturated carbocycles. The second kappa shape index (κ2) is 5.37. The van der Waals surface area contributed by atoms with Gasteiger partial charge in [-0.25, -0.2) is 0 Å². The van der Waals surface area contributed by atoms with Crippen LogP contribution in [0.1, 0.15) is 60.3 Å². The molecular weight excluding hydrogens is 292 g/mol. The highest BCUT2D eigenvalue weighted by Crippen LogP contribution is 2.63. The Morgan fingerprint density at radius 2 is 1.87 bits per heavy atom. The van der Waals surface area contributed by atoms with E-state index in [0.29, 0.717) is 12.2 Å². The summed E-state index contributed by atoms with van der Waals surface area (Å²) in [4.78, 5) is 13.1. The first-order valence-corrected chi connectivity index (χ1v) is 8.77. The zero-order valence-corrected chi connectivity index (χ0v) is 14.8. The number of fused-ring (bicyclic) bond motifs is 3. The van der Waals surface area contributed by atoms with Crippen LogP contribution in [0.5, 0.6) is 0 Å². The summed E-state index contributed by atoms with van der Waals surface area (Å²) in [6.45, 7) is 9.46. The van der Waals surface area contributed by atoms with Crippen LogP contribution in [-0.2, 0) is 14.3 Å². The molecule has 0 amide bonds. The molecule has 0 aromatic rings. The van der Waals surface area contributed by atoms with Crippen LogP contribution in [0.15, 0.2) is 23.2 Å². The molecule has 0 heterocycles. The minimum atomic E-state index is -1.34. The van der Waals surface area contributed by atoms with Crippen molar-refractivity contribution in [1.82, 2.24) is 0 Å². The lowest BCUT2D eigenvalue weighted by molar-refractivity contribution is -0.133. The Labute approximate surface area is 138 Å². The molecule has 0 radical (unpaired) electrons. The third-order valence-corrected chi connectivity index (χ3v) is 5.38. The van der Waals surface area contributed by atoms with Crippen LogP contribution >= 0.6 is 0 Å². The van der Waals surface area contributed by atoms with Gasteiger partial charge in [0.2, 0.25) is 11.5 Å². The Morgan fingerprint density at radius 3 is 2.48 bits per heavy atom. The maximum absolute atomic E-state index is 13.1. The topological polar surface area (TPSA) is 55.8 Å². The summed E-state index contributed by atoms with van der Waals surface area (Å²) in [7, 11) is 0. The molecule has 3 rings (SSSR count). The van der Waals surface area contributed by atoms with Crippen molar-refractivity contribution in [2.75, 3.05) is 0 Å². The summed E-state index contributed by atoms with van der Waals surface area (Å²) in [5.41, 5.74) is -1.25. The molecule has 23 heavy (non-hydrogen) atoms. The Hall–Kier alpha value is -1.29. The molecule has 4 heteroatoms. The Morgan fingerprint density at radius 1 is 1.22 bits per heavy atom. The molecule has 0 aromatic heterocycles. The summed E-state index contributed by atoms with van der Waals surface area (Å²) >= 11 is 0. The SMILES string of the molecule is CC(C)OC1=C(OC(C)C)[C@@]2(O)C3=CCCC[C@@H]3C[C@@]2(C)C1=O. The zero-order valence-electron chi connectivity index (χ0n) is 14.8. The summed E-state index contributed by atoms with van der Waals surface area (Å²) in [6, 6.07) is 0. The van der Waals surface area contributed by atoms with Gasteiger partial charge in [-0.1, -0.05) is 6.08 Å². The molecule has 0 spiro atoms. The highest BCUT2D eigenvalue weighted by Gasteiger charge is 2.71. The number of carbonyl (C=O) groups excluding carboxylic acids is 1. The average molecular weight is 320 g/mol. The number of hydrogen-bond acceptors (Lipinski definition) is 4. The lowest BCUT2D eigenvalue weighted by Gasteiger charge is -2.35. The fraction of sp³-hybridized carbons (Fsp3) is 0.737. The first kappa shape index (κ1) is 16.6. The molecule has 128 valence electrons. The second-order valence-electron chi connectivity index (χ2n) is 7.85. The lowest BCUT2D eigenvalue weighted by Crippen LogP contribution is -2.45. The normalized spacial score (nSPS) is 36.4. The van der Waals surface area contributed by atoms with E-state index >= 15 is 0 Å². The van der Waals surface area contributed by atoms with E-state index in [1.165, 1.54) is 0 Å². The third-order valence-electron chi connectivity index (χ3n) is 5.38. The summed E-state index contributed by atoms with van der Waals surface area (Å²) < 4.78 is 11.8. The summed E-state index contributed by atoms with van der Waals surface area (Å²) in [5.74, 6) is 0.724. The number of rotatable bonds is 4. The second-order valence-corrected chi connectivity index (χ2v) is 7.85. The number of Topliss-reactive ketones (excluding diaryl/α,β-unsaturated/α-hetero) is 1. The van der Waals surface area contributed by atoms with Gasteiger partial charge in [0.15, 0.2) is 11.4 Å². The van der Waals surface area contributed by atoms with Crippen molar-refractivity contribution in [1.29, 1.82) is 0 Å². The molecule has 1 N–H and O–H groups in total. The third kappa shape index (κ3) is 2.18. The van der Waals surface area contributed by atoms with Gasteiger partial charge in [0, 0.05) is 0 Å². The van der Waals surface area contributed by atoms with Crippen LogP contribution in [-0.4, -0.2) is 28.7 Å². The maximum Gasteiger partial charge on any atom is 0.210 e. The minimum Gasteiger partial charge on any atom is -0.488 e. The van der Waals surface area contributed by atoms with Gasteiger partial charge >= 0.3 is 0 Å². The molecule has 3 aliphatic carbocycles. The quantitative estimate of drug-likeness (QED) is 0.806. The van der Waals surface area contributed by atoms with Crippen LogP contribution < -0.4 is 0 Å². The molecule has 0 aromatic carbocycles. The van der Waals surface area contributed by atoms with E-state index in [1.807, 2.05) is 34.6 Å². The number of ketones is 1. The van der Waals surface area contributed by atoms with E-state index in [-0.39, 0.29) is 29.7 Å². The number of aliphatic hydroxyl groups is 1. The van der Waals surface area contributed by atoms with Crippen LogP contribution in [0.2, 0.25) is 0 Å². The van der Waals surface area contributed by atoms with Crippen molar-refractivity contribution < 1.29 is 19.4 Å². The van der Waals surface area contributed by atoms with Crippen LogP contribution in [0.4, 0.5) is 0 Å². The monoisotopic (exact) mass is 320 g/mol. The van der Waals surface area contributed by atoms with E-state index in [9.17, 15) is 9.90 Å². The first-order chi connectivity index (χ1) is 10.7. The van der Waals surface area contributed by atoms with Crippen molar-refractivity contribution in [3.05, 3.63) is 23.2 Å². The Balaban J connectivity index is 2.16. The van der Waals surface area contributed by atoms with E-state index in [0.717, 1.165) is 24.8 Å². The van der Waals surface area contributed by atoms with Crippen molar-refractivity contribution >= 4 is 5.78 Å². The fourth-order valence-electron chi connectivity index (χ4n) is 4.43. The van der Waals surface area contributed by atoms with E-state index in [1.54, 1.807) is 0 Å². The molecule has 3 aliphatic rings. The van der Waals surface area contributed by atoms with Gasteiger partial charge < -0.3 is 14.6 Å². The zero-order chi connectivity index (χ0) is 17.0. The van der Waals surface area contributed by atoms with E-state index in [4.69, 9.17) is 9.47 Å². The van der Waals surface area contributed by atoms with Crippen molar-refractivity contribution in [3.63, 3.8) is 0 Å². The van der Waals surface area contributed by atoms with Gasteiger partial charge in [-0.05, 0) is 71.8 Å². The number of hydrogen-bond donors (Lipinski definition) is 1. The molecule has 0 bridgehead atoms. The fourth-order valence-corrected chi connectivity index (χ4v) is 4.43. The van der Waals surface area contributed by atoms with Crippen LogP contribution in [0.25, 0.3) is 0 Å². The summed E-state index contributed by atoms with van der Waals surface area (Å²) in [6.07, 6.45) is 5.63. The number of allylic oxidation sites excluding steroid dienone is 2. The average Bonchev–Trinajstić information content (AvgIpc) is 2.78. The highest BCUT2D eigenvalue weighted by molar-refractivity contribution is 6.04. The Kier molecular flexibility index (Phi) is 3.87. The number of carbonyl (C=O) groups is 1. The molecule has 4 nitrogen and oxygen atoms in total. The standard InChI is InChI=1S/C19H28O4/c1-11(2)22-15-16(20)18(5)10-13-8-6-7-9-14(13)19(18,21)17(15)23-12(3)4/h9,11-13,21H,6-8,10H2,1-5H3/t13-,18+,19+/m1/s1. The van der Waals surface area contributed by atoms with Crippen LogP contribution in [0, 0.1) is 11.3 Å². The maximum atomic E-state index is 13.1. The van der Waals surface area contributed by atoms with Gasteiger partial charge in [-0.3, -0.25) is 4.79 Å². The molecule has 0 saturated heterocycles.